The summed E-state index contributed by atoms with van der Waals surface area (Å²) in [6.07, 6.45) is 1.02. The van der Waals surface area contributed by atoms with Gasteiger partial charge in [-0.3, -0.25) is 0 Å². The van der Waals surface area contributed by atoms with Gasteiger partial charge in [0.05, 0.1) is 0 Å². The molecule has 0 unspecified atom stereocenters. The largest absolute Gasteiger partial charge is 0.436 e. The summed E-state index contributed by atoms with van der Waals surface area (Å²) < 4.78 is 5.04. The predicted molar refractivity (Wildman–Crippen MR) is 54.9 cm³/mol. The van der Waals surface area contributed by atoms with Crippen LogP contribution in [0.3, 0.4) is 0 Å². The quantitative estimate of drug-likeness (QED) is 0.536. The van der Waals surface area contributed by atoms with Crippen molar-refractivity contribution in [2.24, 2.45) is 0 Å². The first-order chi connectivity index (χ1) is 5.72. The molecule has 0 saturated heterocycles. The molecule has 0 saturated carbocycles. The van der Waals surface area contributed by atoms with Gasteiger partial charge in [-0.1, -0.05) is 19.1 Å². The van der Waals surface area contributed by atoms with Crippen LogP contribution in [0.25, 0.3) is 0 Å². The fraction of sp³-hybridized carbons (Fsp3) is 0.222. The highest BCUT2D eigenvalue weighted by atomic mass is 35.5. The van der Waals surface area contributed by atoms with Crippen LogP contribution in [-0.2, 0) is 6.42 Å². The van der Waals surface area contributed by atoms with Crippen molar-refractivity contribution in [1.82, 2.24) is 0 Å². The highest BCUT2D eigenvalue weighted by Crippen LogP contribution is 2.13. The van der Waals surface area contributed by atoms with Crippen molar-refractivity contribution in [3.05, 3.63) is 29.8 Å². The Labute approximate surface area is 82.3 Å². The molecular formula is C9H9ClOS. The summed E-state index contributed by atoms with van der Waals surface area (Å²) in [6, 6.07) is 7.69. The van der Waals surface area contributed by atoms with Crippen molar-refractivity contribution in [1.29, 1.82) is 0 Å². The molecular weight excluding hydrogens is 192 g/mol. The fourth-order valence-electron chi connectivity index (χ4n) is 0.886. The summed E-state index contributed by atoms with van der Waals surface area (Å²) in [7, 11) is 0. The molecule has 1 nitrogen and oxygen atoms in total. The Kier molecular flexibility index (Phi) is 3.50. The normalized spacial score (nSPS) is 9.50. The molecule has 0 aromatic heterocycles. The van der Waals surface area contributed by atoms with Gasteiger partial charge in [0.2, 0.25) is 0 Å². The summed E-state index contributed by atoms with van der Waals surface area (Å²) >= 11 is 9.98. The first-order valence-electron chi connectivity index (χ1n) is 3.68. The number of ether oxygens (including phenoxy) is 1. The molecule has 1 rings (SSSR count). The fourth-order valence-corrected chi connectivity index (χ4v) is 1.07. The average molecular weight is 201 g/mol. The topological polar surface area (TPSA) is 9.23 Å². The number of thiocarbonyl (C=S) groups is 1. The van der Waals surface area contributed by atoms with Crippen molar-refractivity contribution < 1.29 is 4.74 Å². The van der Waals surface area contributed by atoms with E-state index in [4.69, 9.17) is 16.3 Å². The van der Waals surface area contributed by atoms with Crippen LogP contribution in [-0.4, -0.2) is 4.51 Å². The Hall–Kier alpha value is -0.600. The Balaban J connectivity index is 2.71. The zero-order valence-corrected chi connectivity index (χ0v) is 8.28. The number of hydrogen-bond acceptors (Lipinski definition) is 2. The molecule has 0 atom stereocenters. The van der Waals surface area contributed by atoms with Crippen LogP contribution in [0.1, 0.15) is 12.5 Å². The number of hydrogen-bond donors (Lipinski definition) is 0. The SMILES string of the molecule is CCc1ccc(OC(=S)Cl)cc1. The van der Waals surface area contributed by atoms with Gasteiger partial charge in [-0.05, 0) is 47.9 Å². The van der Waals surface area contributed by atoms with Gasteiger partial charge in [0.1, 0.15) is 5.75 Å². The summed E-state index contributed by atoms with van der Waals surface area (Å²) in [5.74, 6) is 0.687. The molecule has 0 aliphatic rings. The number of rotatable bonds is 2. The lowest BCUT2D eigenvalue weighted by molar-refractivity contribution is 0.577. The molecule has 64 valence electrons. The third-order valence-corrected chi connectivity index (χ3v) is 1.69. The molecule has 1 aromatic rings. The Morgan fingerprint density at radius 2 is 2.00 bits per heavy atom. The number of halogens is 1. The van der Waals surface area contributed by atoms with Crippen molar-refractivity contribution >= 4 is 28.3 Å². The van der Waals surface area contributed by atoms with Gasteiger partial charge in [-0.15, -0.1) is 0 Å². The van der Waals surface area contributed by atoms with Crippen LogP contribution in [0.4, 0.5) is 0 Å². The zero-order valence-electron chi connectivity index (χ0n) is 6.71. The van der Waals surface area contributed by atoms with Gasteiger partial charge >= 0.3 is 0 Å². The Morgan fingerprint density at radius 3 is 2.42 bits per heavy atom. The van der Waals surface area contributed by atoms with E-state index in [0.717, 1.165) is 6.42 Å². The van der Waals surface area contributed by atoms with E-state index < -0.39 is 0 Å². The van der Waals surface area contributed by atoms with Gasteiger partial charge in [0.25, 0.3) is 4.51 Å². The van der Waals surface area contributed by atoms with Gasteiger partial charge in [0, 0.05) is 0 Å². The standard InChI is InChI=1S/C9H9ClOS/c1-2-7-3-5-8(6-4-7)11-9(10)12/h3-6H,2H2,1H3. The molecule has 0 fully saturated rings. The van der Waals surface area contributed by atoms with Crippen LogP contribution < -0.4 is 4.74 Å². The molecule has 12 heavy (non-hydrogen) atoms. The minimum atomic E-state index is 0.0271. The van der Waals surface area contributed by atoms with Crippen LogP contribution in [0.15, 0.2) is 24.3 Å². The van der Waals surface area contributed by atoms with Crippen molar-refractivity contribution in [3.8, 4) is 5.75 Å². The first kappa shape index (κ1) is 9.49. The number of aryl methyl sites for hydroxylation is 1. The minimum Gasteiger partial charge on any atom is -0.436 e. The highest BCUT2D eigenvalue weighted by Gasteiger charge is 1.95. The maximum Gasteiger partial charge on any atom is 0.260 e. The van der Waals surface area contributed by atoms with E-state index in [-0.39, 0.29) is 4.51 Å². The molecule has 0 aliphatic heterocycles. The highest BCUT2D eigenvalue weighted by molar-refractivity contribution is 7.82. The second kappa shape index (κ2) is 4.43. The molecule has 0 aliphatic carbocycles. The minimum absolute atomic E-state index is 0.0271. The molecule has 1 aromatic carbocycles. The summed E-state index contributed by atoms with van der Waals surface area (Å²) in [4.78, 5) is 0. The molecule has 0 bridgehead atoms. The maximum atomic E-state index is 5.40. The van der Waals surface area contributed by atoms with E-state index in [1.807, 2.05) is 24.3 Å². The zero-order chi connectivity index (χ0) is 8.97. The maximum absolute atomic E-state index is 5.40. The lowest BCUT2D eigenvalue weighted by Crippen LogP contribution is -1.95. The van der Waals surface area contributed by atoms with E-state index >= 15 is 0 Å². The van der Waals surface area contributed by atoms with E-state index in [9.17, 15) is 0 Å². The van der Waals surface area contributed by atoms with E-state index in [0.29, 0.717) is 5.75 Å². The smallest absolute Gasteiger partial charge is 0.260 e. The molecule has 0 N–H and O–H groups in total. The van der Waals surface area contributed by atoms with E-state index in [1.165, 1.54) is 5.56 Å². The molecule has 0 radical (unpaired) electrons. The van der Waals surface area contributed by atoms with Crippen molar-refractivity contribution in [3.63, 3.8) is 0 Å². The van der Waals surface area contributed by atoms with Gasteiger partial charge in [0.15, 0.2) is 0 Å². The summed E-state index contributed by atoms with van der Waals surface area (Å²) in [5.41, 5.74) is 1.27. The second-order valence-electron chi connectivity index (χ2n) is 2.34. The lowest BCUT2D eigenvalue weighted by Gasteiger charge is -2.01. The number of benzene rings is 1. The van der Waals surface area contributed by atoms with E-state index in [1.54, 1.807) is 0 Å². The van der Waals surface area contributed by atoms with E-state index in [2.05, 4.69) is 19.1 Å². The molecule has 0 amide bonds. The summed E-state index contributed by atoms with van der Waals surface area (Å²) in [5, 5.41) is 0. The van der Waals surface area contributed by atoms with Crippen LogP contribution in [0, 0.1) is 0 Å². The van der Waals surface area contributed by atoms with Gasteiger partial charge in [-0.2, -0.15) is 0 Å². The monoisotopic (exact) mass is 200 g/mol. The summed E-state index contributed by atoms with van der Waals surface area (Å²) in [6.45, 7) is 2.10. The van der Waals surface area contributed by atoms with Gasteiger partial charge in [-0.25, -0.2) is 0 Å². The average Bonchev–Trinajstić information content (AvgIpc) is 2.05. The van der Waals surface area contributed by atoms with Crippen molar-refractivity contribution in [2.75, 3.05) is 0 Å². The van der Waals surface area contributed by atoms with Gasteiger partial charge < -0.3 is 4.74 Å². The molecule has 3 heteroatoms. The lowest BCUT2D eigenvalue weighted by atomic mass is 10.2. The second-order valence-corrected chi connectivity index (χ2v) is 3.28. The molecule has 0 heterocycles. The van der Waals surface area contributed by atoms with Crippen LogP contribution in [0.5, 0.6) is 5.75 Å². The van der Waals surface area contributed by atoms with Crippen molar-refractivity contribution in [2.45, 2.75) is 13.3 Å². The first-order valence-corrected chi connectivity index (χ1v) is 4.47. The third-order valence-electron chi connectivity index (χ3n) is 1.53. The van der Waals surface area contributed by atoms with Crippen LogP contribution in [0.2, 0.25) is 0 Å². The third kappa shape index (κ3) is 2.80. The van der Waals surface area contributed by atoms with Crippen LogP contribution >= 0.6 is 23.8 Å². The Morgan fingerprint density at radius 1 is 1.42 bits per heavy atom. The predicted octanol–water partition coefficient (Wildman–Crippen LogP) is 3.15. The Bertz CT molecular complexity index is 268. The molecule has 0 spiro atoms.